The van der Waals surface area contributed by atoms with Gasteiger partial charge in [-0.25, -0.2) is 4.98 Å². The topological polar surface area (TPSA) is 58.6 Å². The average Bonchev–Trinajstić information content (AvgIpc) is 3.11. The molecule has 3 rings (SSSR count). The van der Waals surface area contributed by atoms with Crippen LogP contribution in [0.5, 0.6) is 0 Å². The van der Waals surface area contributed by atoms with Crippen molar-refractivity contribution in [2.75, 3.05) is 59.5 Å². The molecule has 118 valence electrons. The van der Waals surface area contributed by atoms with Crippen molar-refractivity contribution in [2.45, 2.75) is 6.54 Å². The third-order valence-corrected chi connectivity index (χ3v) is 4.90. The van der Waals surface area contributed by atoms with E-state index >= 15 is 0 Å². The molecule has 2 saturated heterocycles. The lowest BCUT2D eigenvalue weighted by molar-refractivity contribution is 0.116. The number of hydrogen-bond acceptors (Lipinski definition) is 5. The van der Waals surface area contributed by atoms with E-state index in [-0.39, 0.29) is 0 Å². The molecular weight excluding hydrogens is 266 g/mol. The van der Waals surface area contributed by atoms with Crippen LogP contribution in [-0.2, 0) is 6.54 Å². The van der Waals surface area contributed by atoms with Gasteiger partial charge in [0.05, 0.1) is 6.54 Å². The minimum atomic E-state index is 0.299. The summed E-state index contributed by atoms with van der Waals surface area (Å²) in [5, 5.41) is 9.67. The van der Waals surface area contributed by atoms with Crippen molar-refractivity contribution in [3.05, 3.63) is 18.2 Å². The standard InChI is InChI=1S/C15H27N5O/c1-18-4-6-19(7-5-18)8-13-9-20(10-14(13)12-21)11-15-16-2-3-17-15/h2-3,13-14,21H,4-12H2,1H3,(H,16,17)/t13-,14-/m1/s1. The normalized spacial score (nSPS) is 29.2. The van der Waals surface area contributed by atoms with Gasteiger partial charge in [-0.2, -0.15) is 0 Å². The van der Waals surface area contributed by atoms with Crippen molar-refractivity contribution in [1.82, 2.24) is 24.7 Å². The van der Waals surface area contributed by atoms with Gasteiger partial charge in [0.2, 0.25) is 0 Å². The second-order valence-electron chi connectivity index (χ2n) is 6.54. The second kappa shape index (κ2) is 6.87. The molecule has 1 aromatic heterocycles. The van der Waals surface area contributed by atoms with Crippen LogP contribution in [-0.4, -0.2) is 89.2 Å². The molecule has 3 heterocycles. The number of hydrogen-bond donors (Lipinski definition) is 2. The molecule has 0 aliphatic carbocycles. The highest BCUT2D eigenvalue weighted by molar-refractivity contribution is 4.92. The molecule has 0 bridgehead atoms. The first-order valence-electron chi connectivity index (χ1n) is 7.97. The largest absolute Gasteiger partial charge is 0.396 e. The molecule has 21 heavy (non-hydrogen) atoms. The predicted octanol–water partition coefficient (Wildman–Crippen LogP) is -0.303. The Balaban J connectivity index is 1.52. The Morgan fingerprint density at radius 1 is 1.19 bits per heavy atom. The fourth-order valence-corrected chi connectivity index (χ4v) is 3.54. The van der Waals surface area contributed by atoms with Crippen molar-refractivity contribution in [3.63, 3.8) is 0 Å². The van der Waals surface area contributed by atoms with Gasteiger partial charge in [0.1, 0.15) is 5.82 Å². The summed E-state index contributed by atoms with van der Waals surface area (Å²) in [4.78, 5) is 14.8. The lowest BCUT2D eigenvalue weighted by Crippen LogP contribution is -2.47. The van der Waals surface area contributed by atoms with Gasteiger partial charge in [0, 0.05) is 64.8 Å². The Labute approximate surface area is 126 Å². The molecule has 6 heteroatoms. The number of nitrogens with zero attached hydrogens (tertiary/aromatic N) is 4. The molecule has 2 aliphatic heterocycles. The number of rotatable bonds is 5. The van der Waals surface area contributed by atoms with E-state index in [4.69, 9.17) is 0 Å². The first kappa shape index (κ1) is 15.0. The number of H-pyrrole nitrogens is 1. The molecule has 0 spiro atoms. The Bertz CT molecular complexity index is 416. The van der Waals surface area contributed by atoms with Gasteiger partial charge in [0.15, 0.2) is 0 Å². The summed E-state index contributed by atoms with van der Waals surface area (Å²) in [7, 11) is 2.19. The third-order valence-electron chi connectivity index (χ3n) is 4.90. The molecule has 2 N–H and O–H groups in total. The van der Waals surface area contributed by atoms with Crippen LogP contribution in [0.2, 0.25) is 0 Å². The Morgan fingerprint density at radius 3 is 2.62 bits per heavy atom. The lowest BCUT2D eigenvalue weighted by atomic mass is 9.96. The van der Waals surface area contributed by atoms with E-state index in [1.807, 2.05) is 6.20 Å². The highest BCUT2D eigenvalue weighted by Crippen LogP contribution is 2.25. The molecule has 0 unspecified atom stereocenters. The van der Waals surface area contributed by atoms with Gasteiger partial charge >= 0.3 is 0 Å². The first-order valence-corrected chi connectivity index (χ1v) is 7.97. The van der Waals surface area contributed by atoms with Gasteiger partial charge in [-0.15, -0.1) is 0 Å². The first-order chi connectivity index (χ1) is 10.2. The zero-order valence-electron chi connectivity index (χ0n) is 12.9. The van der Waals surface area contributed by atoms with Crippen LogP contribution < -0.4 is 0 Å². The van der Waals surface area contributed by atoms with Crippen LogP contribution >= 0.6 is 0 Å². The molecule has 6 nitrogen and oxygen atoms in total. The minimum Gasteiger partial charge on any atom is -0.396 e. The van der Waals surface area contributed by atoms with Crippen LogP contribution in [0, 0.1) is 11.8 Å². The fraction of sp³-hybridized carbons (Fsp3) is 0.800. The minimum absolute atomic E-state index is 0.299. The van der Waals surface area contributed by atoms with Crippen molar-refractivity contribution < 1.29 is 5.11 Å². The highest BCUT2D eigenvalue weighted by atomic mass is 16.3. The molecular formula is C15H27N5O. The maximum absolute atomic E-state index is 9.67. The molecule has 0 amide bonds. The van der Waals surface area contributed by atoms with Crippen molar-refractivity contribution in [1.29, 1.82) is 0 Å². The summed E-state index contributed by atoms with van der Waals surface area (Å²) >= 11 is 0. The maximum Gasteiger partial charge on any atom is 0.120 e. The Hall–Kier alpha value is -0.950. The van der Waals surface area contributed by atoms with Crippen LogP contribution in [0.3, 0.4) is 0 Å². The number of aliphatic hydroxyl groups excluding tert-OH is 1. The molecule has 0 radical (unpaired) electrons. The smallest absolute Gasteiger partial charge is 0.120 e. The average molecular weight is 293 g/mol. The summed E-state index contributed by atoms with van der Waals surface area (Å²) in [6, 6.07) is 0. The number of nitrogens with one attached hydrogen (secondary N) is 1. The molecule has 1 aromatic rings. The van der Waals surface area contributed by atoms with Gasteiger partial charge < -0.3 is 19.9 Å². The number of piperazine rings is 1. The van der Waals surface area contributed by atoms with Crippen LogP contribution in [0.15, 0.2) is 12.4 Å². The number of aliphatic hydroxyl groups is 1. The van der Waals surface area contributed by atoms with E-state index in [2.05, 4.69) is 31.7 Å². The molecule has 0 saturated carbocycles. The Kier molecular flexibility index (Phi) is 4.90. The summed E-state index contributed by atoms with van der Waals surface area (Å²) in [5.74, 6) is 2.00. The third kappa shape index (κ3) is 3.83. The number of imidazole rings is 1. The van der Waals surface area contributed by atoms with E-state index in [1.165, 1.54) is 0 Å². The van der Waals surface area contributed by atoms with E-state index in [0.29, 0.717) is 18.4 Å². The number of likely N-dealkylation sites (N-methyl/N-ethyl adjacent to an activating group) is 1. The van der Waals surface area contributed by atoms with Crippen molar-refractivity contribution >= 4 is 0 Å². The molecule has 2 fully saturated rings. The van der Waals surface area contributed by atoms with E-state index < -0.39 is 0 Å². The zero-order valence-corrected chi connectivity index (χ0v) is 12.9. The summed E-state index contributed by atoms with van der Waals surface area (Å²) in [6.45, 7) is 8.96. The van der Waals surface area contributed by atoms with Gasteiger partial charge in [-0.1, -0.05) is 0 Å². The summed E-state index contributed by atoms with van der Waals surface area (Å²) < 4.78 is 0. The maximum atomic E-state index is 9.67. The van der Waals surface area contributed by atoms with Gasteiger partial charge in [0.25, 0.3) is 0 Å². The van der Waals surface area contributed by atoms with Crippen LogP contribution in [0.1, 0.15) is 5.82 Å². The molecule has 2 aliphatic rings. The Morgan fingerprint density at radius 2 is 1.95 bits per heavy atom. The van der Waals surface area contributed by atoms with Crippen molar-refractivity contribution in [2.24, 2.45) is 11.8 Å². The van der Waals surface area contributed by atoms with Crippen LogP contribution in [0.25, 0.3) is 0 Å². The lowest BCUT2D eigenvalue weighted by Gasteiger charge is -2.34. The summed E-state index contributed by atoms with van der Waals surface area (Å²) in [5.41, 5.74) is 0. The quantitative estimate of drug-likeness (QED) is 0.780. The summed E-state index contributed by atoms with van der Waals surface area (Å²) in [6.07, 6.45) is 3.67. The van der Waals surface area contributed by atoms with Gasteiger partial charge in [-0.05, 0) is 18.9 Å². The number of aromatic amines is 1. The second-order valence-corrected chi connectivity index (χ2v) is 6.54. The van der Waals surface area contributed by atoms with Crippen molar-refractivity contribution in [3.8, 4) is 0 Å². The molecule has 0 aromatic carbocycles. The van der Waals surface area contributed by atoms with E-state index in [0.717, 1.165) is 58.2 Å². The SMILES string of the molecule is CN1CCN(C[C@@H]2CN(Cc3ncc[nH]3)C[C@@H]2CO)CC1. The number of likely N-dealkylation sites (tertiary alicyclic amines) is 1. The van der Waals surface area contributed by atoms with Gasteiger partial charge in [-0.3, -0.25) is 4.90 Å². The number of aromatic nitrogens is 2. The predicted molar refractivity (Wildman–Crippen MR) is 81.9 cm³/mol. The molecule has 2 atom stereocenters. The monoisotopic (exact) mass is 293 g/mol. The van der Waals surface area contributed by atoms with E-state index in [1.54, 1.807) is 6.20 Å². The highest BCUT2D eigenvalue weighted by Gasteiger charge is 2.34. The zero-order chi connectivity index (χ0) is 14.7. The van der Waals surface area contributed by atoms with Crippen LogP contribution in [0.4, 0.5) is 0 Å². The van der Waals surface area contributed by atoms with E-state index in [9.17, 15) is 5.11 Å². The fourth-order valence-electron chi connectivity index (χ4n) is 3.54.